The van der Waals surface area contributed by atoms with Gasteiger partial charge in [-0.25, -0.2) is 9.78 Å². The number of carbonyl (C=O) groups is 1. The normalized spacial score (nSPS) is 13.3. The predicted molar refractivity (Wildman–Crippen MR) is 95.4 cm³/mol. The Labute approximate surface area is 149 Å². The largest absolute Gasteiger partial charge is 0.491 e. The number of pyridine rings is 1. The predicted octanol–water partition coefficient (Wildman–Crippen LogP) is 2.28. The molecule has 25 heavy (non-hydrogen) atoms. The summed E-state index contributed by atoms with van der Waals surface area (Å²) < 4.78 is 15.8. The third-order valence-electron chi connectivity index (χ3n) is 4.07. The highest BCUT2D eigenvalue weighted by molar-refractivity contribution is 5.68. The molecule has 0 aliphatic rings. The topological polar surface area (TPSA) is 89.9 Å². The maximum Gasteiger partial charge on any atom is 0.329 e. The summed E-state index contributed by atoms with van der Waals surface area (Å²) in [6.07, 6.45) is 5.11. The van der Waals surface area contributed by atoms with Crippen LogP contribution in [0.5, 0.6) is 11.6 Å². The molecule has 0 saturated heterocycles. The van der Waals surface area contributed by atoms with Crippen molar-refractivity contribution in [3.63, 3.8) is 0 Å². The molecule has 0 saturated carbocycles. The zero-order valence-corrected chi connectivity index (χ0v) is 15.6. The average molecular weight is 354 g/mol. The zero-order chi connectivity index (χ0) is 18.7. The van der Waals surface area contributed by atoms with Crippen molar-refractivity contribution < 1.29 is 24.1 Å². The summed E-state index contributed by atoms with van der Waals surface area (Å²) in [6.45, 7) is 4.67. The molecule has 0 aliphatic heterocycles. The average Bonchev–Trinajstić information content (AvgIpc) is 2.63. The fourth-order valence-electron chi connectivity index (χ4n) is 2.58. The summed E-state index contributed by atoms with van der Waals surface area (Å²) in [4.78, 5) is 14.9. The molecule has 0 aromatic carbocycles. The minimum absolute atomic E-state index is 0.0451. The van der Waals surface area contributed by atoms with Crippen LogP contribution in [0.25, 0.3) is 0 Å². The minimum atomic E-state index is -0.930. The number of aliphatic carboxylic acids is 1. The maximum atomic E-state index is 10.6. The molecule has 7 nitrogen and oxygen atoms in total. The molecule has 1 heterocycles. The van der Waals surface area contributed by atoms with Crippen LogP contribution in [0.1, 0.15) is 38.7 Å². The molecule has 0 amide bonds. The zero-order valence-electron chi connectivity index (χ0n) is 15.6. The van der Waals surface area contributed by atoms with Crippen LogP contribution in [0.15, 0.2) is 12.3 Å². The van der Waals surface area contributed by atoms with Crippen molar-refractivity contribution in [3.05, 3.63) is 17.8 Å². The van der Waals surface area contributed by atoms with Gasteiger partial charge >= 0.3 is 5.97 Å². The molecule has 2 atom stereocenters. The van der Waals surface area contributed by atoms with E-state index in [0.29, 0.717) is 11.6 Å². The number of aromatic nitrogens is 1. The molecule has 2 N–H and O–H groups in total. The van der Waals surface area contributed by atoms with Crippen molar-refractivity contribution in [1.82, 2.24) is 10.3 Å². The number of rotatable bonds is 13. The Morgan fingerprint density at radius 1 is 1.28 bits per heavy atom. The van der Waals surface area contributed by atoms with E-state index in [9.17, 15) is 4.79 Å². The number of nitrogens with one attached hydrogen (secondary N) is 1. The highest BCUT2D eigenvalue weighted by atomic mass is 16.5. The van der Waals surface area contributed by atoms with Gasteiger partial charge in [-0.05, 0) is 43.9 Å². The highest BCUT2D eigenvalue weighted by Crippen LogP contribution is 2.24. The van der Waals surface area contributed by atoms with Crippen molar-refractivity contribution in [1.29, 1.82) is 0 Å². The first-order chi connectivity index (χ1) is 12.0. The Kier molecular flexibility index (Phi) is 9.87. The van der Waals surface area contributed by atoms with E-state index in [4.69, 9.17) is 19.3 Å². The van der Waals surface area contributed by atoms with Crippen molar-refractivity contribution in [2.75, 3.05) is 27.4 Å². The molecule has 1 rings (SSSR count). The lowest BCUT2D eigenvalue weighted by atomic mass is 10.0. The second-order valence-corrected chi connectivity index (χ2v) is 5.84. The smallest absolute Gasteiger partial charge is 0.329 e. The van der Waals surface area contributed by atoms with Crippen molar-refractivity contribution in [2.24, 2.45) is 0 Å². The minimum Gasteiger partial charge on any atom is -0.491 e. The Morgan fingerprint density at radius 2 is 2.04 bits per heavy atom. The number of carboxylic acid groups (broad SMARTS) is 1. The molecule has 2 unspecified atom stereocenters. The van der Waals surface area contributed by atoms with Crippen molar-refractivity contribution >= 4 is 5.97 Å². The van der Waals surface area contributed by atoms with E-state index >= 15 is 0 Å². The van der Waals surface area contributed by atoms with Crippen LogP contribution >= 0.6 is 0 Å². The summed E-state index contributed by atoms with van der Waals surface area (Å²) >= 11 is 0. The van der Waals surface area contributed by atoms with Gasteiger partial charge in [-0.3, -0.25) is 0 Å². The molecule has 0 fully saturated rings. The fraction of sp³-hybridized carbons (Fsp3) is 0.667. The van der Waals surface area contributed by atoms with E-state index in [1.165, 1.54) is 0 Å². The van der Waals surface area contributed by atoms with Gasteiger partial charge in [-0.15, -0.1) is 0 Å². The van der Waals surface area contributed by atoms with Gasteiger partial charge in [0.25, 0.3) is 5.88 Å². The van der Waals surface area contributed by atoms with Crippen LogP contribution in [0.3, 0.4) is 0 Å². The highest BCUT2D eigenvalue weighted by Gasteiger charge is 2.15. The van der Waals surface area contributed by atoms with Gasteiger partial charge in [0, 0.05) is 12.2 Å². The van der Waals surface area contributed by atoms with Gasteiger partial charge in [0.2, 0.25) is 0 Å². The molecule has 0 bridgehead atoms. The number of ether oxygens (including phenoxy) is 3. The number of carboxylic acids is 1. The maximum absolute atomic E-state index is 10.6. The molecule has 1 aromatic heterocycles. The molecule has 0 radical (unpaired) electrons. The summed E-state index contributed by atoms with van der Waals surface area (Å²) in [5.41, 5.74) is 1.06. The standard InChI is InChI=1S/C18H30N2O5/c1-5-14(10-15(6-2)25-12-17(21)22)19-8-7-13-9-16(23-3)18(24-4)20-11-13/h9,11,14-15,19H,5-8,10,12H2,1-4H3,(H,21,22). The SMILES string of the molecule is CCC(CC(CC)OCC(=O)O)NCCc1cnc(OC)c(OC)c1. The van der Waals surface area contributed by atoms with Gasteiger partial charge in [-0.1, -0.05) is 13.8 Å². The van der Waals surface area contributed by atoms with E-state index in [-0.39, 0.29) is 18.8 Å². The van der Waals surface area contributed by atoms with E-state index in [1.54, 1.807) is 20.4 Å². The monoisotopic (exact) mass is 354 g/mol. The number of hydrogen-bond acceptors (Lipinski definition) is 6. The summed E-state index contributed by atoms with van der Waals surface area (Å²) in [6, 6.07) is 2.21. The Balaban J connectivity index is 2.47. The van der Waals surface area contributed by atoms with E-state index in [2.05, 4.69) is 17.2 Å². The third-order valence-corrected chi connectivity index (χ3v) is 4.07. The molecule has 0 aliphatic carbocycles. The molecule has 142 valence electrons. The lowest BCUT2D eigenvalue weighted by Gasteiger charge is -2.23. The van der Waals surface area contributed by atoms with Crippen LogP contribution in [0.4, 0.5) is 0 Å². The van der Waals surface area contributed by atoms with E-state index in [0.717, 1.165) is 37.8 Å². The molecule has 1 aromatic rings. The molecule has 7 heteroatoms. The van der Waals surface area contributed by atoms with Gasteiger partial charge in [0.15, 0.2) is 5.75 Å². The Morgan fingerprint density at radius 3 is 2.60 bits per heavy atom. The Bertz CT molecular complexity index is 524. The lowest BCUT2D eigenvalue weighted by Crippen LogP contribution is -2.34. The van der Waals surface area contributed by atoms with E-state index < -0.39 is 5.97 Å². The number of methoxy groups -OCH3 is 2. The first-order valence-electron chi connectivity index (χ1n) is 8.67. The second kappa shape index (κ2) is 11.7. The van der Waals surface area contributed by atoms with Crippen LogP contribution in [-0.4, -0.2) is 55.6 Å². The van der Waals surface area contributed by atoms with Gasteiger partial charge < -0.3 is 24.6 Å². The molecular formula is C18H30N2O5. The molecular weight excluding hydrogens is 324 g/mol. The Hall–Kier alpha value is -1.86. The fourth-order valence-corrected chi connectivity index (χ4v) is 2.58. The first kappa shape index (κ1) is 21.2. The lowest BCUT2D eigenvalue weighted by molar-refractivity contribution is -0.144. The summed E-state index contributed by atoms with van der Waals surface area (Å²) in [5, 5.41) is 12.2. The summed E-state index contributed by atoms with van der Waals surface area (Å²) in [5.74, 6) is 0.174. The number of hydrogen-bond donors (Lipinski definition) is 2. The van der Waals surface area contributed by atoms with Crippen LogP contribution < -0.4 is 14.8 Å². The third kappa shape index (κ3) is 7.70. The number of nitrogens with zero attached hydrogens (tertiary/aromatic N) is 1. The van der Waals surface area contributed by atoms with Gasteiger partial charge in [-0.2, -0.15) is 0 Å². The van der Waals surface area contributed by atoms with Gasteiger partial charge in [0.1, 0.15) is 6.61 Å². The van der Waals surface area contributed by atoms with Crippen LogP contribution in [0, 0.1) is 0 Å². The first-order valence-corrected chi connectivity index (χ1v) is 8.67. The van der Waals surface area contributed by atoms with E-state index in [1.807, 2.05) is 13.0 Å². The summed E-state index contributed by atoms with van der Waals surface area (Å²) in [7, 11) is 3.16. The van der Waals surface area contributed by atoms with Gasteiger partial charge in [0.05, 0.1) is 20.3 Å². The van der Waals surface area contributed by atoms with Crippen LogP contribution in [-0.2, 0) is 16.0 Å². The second-order valence-electron chi connectivity index (χ2n) is 5.84. The van der Waals surface area contributed by atoms with Crippen LogP contribution in [0.2, 0.25) is 0 Å². The van der Waals surface area contributed by atoms with Crippen molar-refractivity contribution in [3.8, 4) is 11.6 Å². The quantitative estimate of drug-likeness (QED) is 0.561. The molecule has 0 spiro atoms. The van der Waals surface area contributed by atoms with Crippen molar-refractivity contribution in [2.45, 2.75) is 51.7 Å².